The van der Waals surface area contributed by atoms with Crippen LogP contribution in [0, 0.1) is 6.92 Å². The van der Waals surface area contributed by atoms with Crippen LogP contribution >= 0.6 is 0 Å². The van der Waals surface area contributed by atoms with Gasteiger partial charge in [0.2, 0.25) is 0 Å². The normalized spacial score (nSPS) is 24.7. The molecule has 0 bridgehead atoms. The Hall–Kier alpha value is -1.22. The van der Waals surface area contributed by atoms with E-state index in [9.17, 15) is 9.59 Å². The Morgan fingerprint density at radius 2 is 2.04 bits per heavy atom. The first kappa shape index (κ1) is 20.1. The lowest BCUT2D eigenvalue weighted by atomic mass is 10.1. The number of nitrogens with zero attached hydrogens (tertiary/aromatic N) is 1. The third-order valence-corrected chi connectivity index (χ3v) is 9.84. The number of aryl methyl sites for hydroxylation is 1. The van der Waals surface area contributed by atoms with Crippen molar-refractivity contribution in [3.8, 4) is 0 Å². The van der Waals surface area contributed by atoms with Crippen LogP contribution in [-0.4, -0.2) is 36.6 Å². The molecule has 2 rings (SSSR count). The van der Waals surface area contributed by atoms with Gasteiger partial charge in [-0.25, -0.2) is 4.79 Å². The monoisotopic (exact) mass is 369 g/mol. The molecule has 142 valence electrons. The minimum atomic E-state index is -1.97. The van der Waals surface area contributed by atoms with Crippen molar-refractivity contribution in [2.75, 3.05) is 6.54 Å². The molecule has 3 atom stereocenters. The van der Waals surface area contributed by atoms with E-state index in [1.165, 1.54) is 4.57 Å². The summed E-state index contributed by atoms with van der Waals surface area (Å²) < 4.78 is 14.1. The first-order valence-corrected chi connectivity index (χ1v) is 11.7. The topological polar surface area (TPSA) is 99.3 Å². The summed E-state index contributed by atoms with van der Waals surface area (Å²) in [7, 11) is -1.97. The van der Waals surface area contributed by atoms with Crippen molar-refractivity contribution in [2.24, 2.45) is 5.73 Å². The SMILES string of the molecule is Cc1cn([C@H]2CC(O[Si](C)(C)C(C)(C)C)[C@@H](CCN)O2)c(=O)[nH]c1=O. The Kier molecular flexibility index (Phi) is 5.77. The number of aromatic amines is 1. The Bertz CT molecular complexity index is 720. The average Bonchev–Trinajstić information content (AvgIpc) is 2.84. The van der Waals surface area contributed by atoms with Gasteiger partial charge in [-0.3, -0.25) is 14.3 Å². The van der Waals surface area contributed by atoms with Crippen molar-refractivity contribution in [1.29, 1.82) is 0 Å². The zero-order valence-electron chi connectivity index (χ0n) is 16.1. The van der Waals surface area contributed by atoms with E-state index in [1.54, 1.807) is 13.1 Å². The van der Waals surface area contributed by atoms with Gasteiger partial charge in [-0.1, -0.05) is 20.8 Å². The average molecular weight is 370 g/mol. The second kappa shape index (κ2) is 7.18. The Morgan fingerprint density at radius 1 is 1.40 bits per heavy atom. The number of aromatic nitrogens is 2. The Morgan fingerprint density at radius 3 is 2.60 bits per heavy atom. The minimum Gasteiger partial charge on any atom is -0.411 e. The second-order valence-electron chi connectivity index (χ2n) is 8.34. The molecule has 1 aliphatic rings. The number of nitrogens with two attached hydrogens (primary N) is 1. The highest BCUT2D eigenvalue weighted by atomic mass is 28.4. The van der Waals surface area contributed by atoms with Gasteiger partial charge in [0.15, 0.2) is 8.32 Å². The maximum Gasteiger partial charge on any atom is 0.330 e. The van der Waals surface area contributed by atoms with Crippen molar-refractivity contribution >= 4 is 8.32 Å². The van der Waals surface area contributed by atoms with E-state index in [2.05, 4.69) is 38.8 Å². The molecule has 0 radical (unpaired) electrons. The van der Waals surface area contributed by atoms with E-state index >= 15 is 0 Å². The van der Waals surface area contributed by atoms with Crippen LogP contribution in [0.5, 0.6) is 0 Å². The predicted octanol–water partition coefficient (Wildman–Crippen LogP) is 1.87. The van der Waals surface area contributed by atoms with E-state index in [1.807, 2.05) is 0 Å². The molecular weight excluding hydrogens is 338 g/mol. The molecule has 7 nitrogen and oxygen atoms in total. The third kappa shape index (κ3) is 4.31. The van der Waals surface area contributed by atoms with Crippen molar-refractivity contribution in [2.45, 2.75) is 77.1 Å². The molecule has 3 N–H and O–H groups in total. The largest absolute Gasteiger partial charge is 0.411 e. The van der Waals surface area contributed by atoms with Crippen molar-refractivity contribution in [1.82, 2.24) is 9.55 Å². The van der Waals surface area contributed by atoms with Crippen LogP contribution in [-0.2, 0) is 9.16 Å². The Labute approximate surface area is 149 Å². The number of hydrogen-bond acceptors (Lipinski definition) is 5. The van der Waals surface area contributed by atoms with Crippen molar-refractivity contribution < 1.29 is 9.16 Å². The minimum absolute atomic E-state index is 0.0871. The lowest BCUT2D eigenvalue weighted by molar-refractivity contribution is -0.0209. The quantitative estimate of drug-likeness (QED) is 0.772. The molecule has 1 saturated heterocycles. The number of rotatable bonds is 5. The van der Waals surface area contributed by atoms with Gasteiger partial charge in [0.1, 0.15) is 6.23 Å². The molecular formula is C17H31N3O4Si. The summed E-state index contributed by atoms with van der Waals surface area (Å²) in [5, 5.41) is 0.0871. The molecule has 0 spiro atoms. The second-order valence-corrected chi connectivity index (χ2v) is 13.1. The van der Waals surface area contributed by atoms with Crippen molar-refractivity contribution in [3.63, 3.8) is 0 Å². The van der Waals surface area contributed by atoms with Crippen LogP contribution in [0.1, 0.15) is 45.4 Å². The van der Waals surface area contributed by atoms with Gasteiger partial charge >= 0.3 is 5.69 Å². The molecule has 0 saturated carbocycles. The zero-order chi connectivity index (χ0) is 19.0. The zero-order valence-corrected chi connectivity index (χ0v) is 17.1. The number of H-pyrrole nitrogens is 1. The van der Waals surface area contributed by atoms with Gasteiger partial charge < -0.3 is 14.9 Å². The molecule has 0 aliphatic carbocycles. The van der Waals surface area contributed by atoms with E-state index in [0.29, 0.717) is 24.9 Å². The maximum absolute atomic E-state index is 12.2. The van der Waals surface area contributed by atoms with E-state index in [-0.39, 0.29) is 22.8 Å². The highest BCUT2D eigenvalue weighted by molar-refractivity contribution is 6.74. The molecule has 25 heavy (non-hydrogen) atoms. The number of ether oxygens (including phenoxy) is 1. The summed E-state index contributed by atoms with van der Waals surface area (Å²) in [6, 6.07) is 0. The van der Waals surface area contributed by atoms with Gasteiger partial charge in [0.05, 0.1) is 12.2 Å². The van der Waals surface area contributed by atoms with Crippen LogP contribution in [0.4, 0.5) is 0 Å². The van der Waals surface area contributed by atoms with Gasteiger partial charge in [0.25, 0.3) is 5.56 Å². The molecule has 2 heterocycles. The summed E-state index contributed by atoms with van der Waals surface area (Å²) in [6.07, 6.45) is 2.10. The summed E-state index contributed by atoms with van der Waals surface area (Å²) in [4.78, 5) is 26.1. The molecule has 1 aliphatic heterocycles. The van der Waals surface area contributed by atoms with Crippen LogP contribution in [0.15, 0.2) is 15.8 Å². The highest BCUT2D eigenvalue weighted by Gasteiger charge is 2.44. The molecule has 1 fully saturated rings. The number of nitrogens with one attached hydrogen (secondary N) is 1. The summed E-state index contributed by atoms with van der Waals surface area (Å²) in [5.41, 5.74) is 5.39. The standard InChI is InChI=1S/C17H31N3O4Si/c1-11-10-20(16(22)19-15(11)21)14-9-13(12(23-14)7-8-18)24-25(5,6)17(2,3)4/h10,12-14H,7-9,18H2,1-6H3,(H,19,21,22)/t12-,13?,14-/m1/s1. The first-order valence-electron chi connectivity index (χ1n) is 8.81. The fraction of sp³-hybridized carbons (Fsp3) is 0.765. The molecule has 1 unspecified atom stereocenters. The number of hydrogen-bond donors (Lipinski definition) is 2. The van der Waals surface area contributed by atoms with Crippen LogP contribution in [0.2, 0.25) is 18.1 Å². The summed E-state index contributed by atoms with van der Waals surface area (Å²) in [5.74, 6) is 0. The summed E-state index contributed by atoms with van der Waals surface area (Å²) >= 11 is 0. The lowest BCUT2D eigenvalue weighted by Gasteiger charge is -2.39. The van der Waals surface area contributed by atoms with E-state index in [0.717, 1.165) is 0 Å². The highest BCUT2D eigenvalue weighted by Crippen LogP contribution is 2.41. The predicted molar refractivity (Wildman–Crippen MR) is 100 cm³/mol. The maximum atomic E-state index is 12.2. The summed E-state index contributed by atoms with van der Waals surface area (Å²) in [6.45, 7) is 13.2. The lowest BCUT2D eigenvalue weighted by Crippen LogP contribution is -2.46. The first-order chi connectivity index (χ1) is 11.5. The third-order valence-electron chi connectivity index (χ3n) is 5.34. The Balaban J connectivity index is 2.27. The molecule has 8 heteroatoms. The fourth-order valence-electron chi connectivity index (χ4n) is 2.77. The van der Waals surface area contributed by atoms with Crippen LogP contribution in [0.3, 0.4) is 0 Å². The van der Waals surface area contributed by atoms with Crippen LogP contribution < -0.4 is 17.0 Å². The van der Waals surface area contributed by atoms with Crippen LogP contribution in [0.25, 0.3) is 0 Å². The van der Waals surface area contributed by atoms with E-state index in [4.69, 9.17) is 14.9 Å². The van der Waals surface area contributed by atoms with Crippen molar-refractivity contribution in [3.05, 3.63) is 32.6 Å². The van der Waals surface area contributed by atoms with Gasteiger partial charge in [-0.15, -0.1) is 0 Å². The molecule has 0 amide bonds. The molecule has 1 aromatic rings. The molecule has 0 aromatic carbocycles. The van der Waals surface area contributed by atoms with E-state index < -0.39 is 20.2 Å². The van der Waals surface area contributed by atoms with Gasteiger partial charge in [0, 0.05) is 18.2 Å². The van der Waals surface area contributed by atoms with Gasteiger partial charge in [-0.2, -0.15) is 0 Å². The smallest absolute Gasteiger partial charge is 0.330 e. The van der Waals surface area contributed by atoms with Gasteiger partial charge in [-0.05, 0) is 38.0 Å². The fourth-order valence-corrected chi connectivity index (χ4v) is 4.13. The molecule has 1 aromatic heterocycles.